The summed E-state index contributed by atoms with van der Waals surface area (Å²) < 4.78 is 43.8. The number of nitrogens with zero attached hydrogens (tertiary/aromatic N) is 3. The first-order valence-corrected chi connectivity index (χ1v) is 11.5. The van der Waals surface area contributed by atoms with Gasteiger partial charge in [0.15, 0.2) is 0 Å². The van der Waals surface area contributed by atoms with Crippen molar-refractivity contribution in [3.63, 3.8) is 0 Å². The van der Waals surface area contributed by atoms with Gasteiger partial charge in [0.2, 0.25) is 0 Å². The molecular formula is C25H30F3N3O2. The van der Waals surface area contributed by atoms with Gasteiger partial charge < -0.3 is 14.5 Å². The smallest absolute Gasteiger partial charge is 0.417 e. The van der Waals surface area contributed by atoms with E-state index in [2.05, 4.69) is 31.0 Å². The summed E-state index contributed by atoms with van der Waals surface area (Å²) in [5, 5.41) is 0. The number of carbonyl (C=O) groups is 1. The Labute approximate surface area is 192 Å². The fourth-order valence-corrected chi connectivity index (χ4v) is 4.57. The van der Waals surface area contributed by atoms with Crippen LogP contribution in [0.15, 0.2) is 36.5 Å². The van der Waals surface area contributed by atoms with Crippen LogP contribution in [0, 0.1) is 5.92 Å². The fraction of sp³-hybridized carbons (Fsp3) is 0.520. The zero-order valence-electron chi connectivity index (χ0n) is 19.1. The Morgan fingerprint density at radius 2 is 1.91 bits per heavy atom. The molecule has 3 aliphatic heterocycles. The molecule has 4 heterocycles. The molecule has 1 aromatic carbocycles. The lowest BCUT2D eigenvalue weighted by Crippen LogP contribution is -2.44. The van der Waals surface area contributed by atoms with Crippen molar-refractivity contribution in [2.75, 3.05) is 26.2 Å². The number of aromatic nitrogens is 1. The molecule has 0 N–H and O–H groups in total. The quantitative estimate of drug-likeness (QED) is 0.521. The maximum atomic E-state index is 12.8. The Bertz CT molecular complexity index is 995. The summed E-state index contributed by atoms with van der Waals surface area (Å²) in [6, 6.07) is 9.34. The molecule has 2 aromatic rings. The lowest BCUT2D eigenvalue weighted by molar-refractivity contribution is -0.137. The van der Waals surface area contributed by atoms with Crippen LogP contribution in [0.3, 0.4) is 0 Å². The first kappa shape index (κ1) is 23.4. The van der Waals surface area contributed by atoms with Crippen molar-refractivity contribution in [1.29, 1.82) is 0 Å². The van der Waals surface area contributed by atoms with Crippen molar-refractivity contribution in [1.82, 2.24) is 14.8 Å². The van der Waals surface area contributed by atoms with E-state index in [-0.39, 0.29) is 12.6 Å². The molecule has 2 amide bonds. The summed E-state index contributed by atoms with van der Waals surface area (Å²) in [4.78, 5) is 19.8. The molecule has 0 radical (unpaired) electrons. The third-order valence-corrected chi connectivity index (χ3v) is 6.59. The van der Waals surface area contributed by atoms with Crippen molar-refractivity contribution < 1.29 is 22.7 Å². The van der Waals surface area contributed by atoms with Crippen LogP contribution in [0.1, 0.15) is 55.0 Å². The van der Waals surface area contributed by atoms with Crippen LogP contribution in [0.5, 0.6) is 5.75 Å². The predicted molar refractivity (Wildman–Crippen MR) is 119 cm³/mol. The Balaban J connectivity index is 0.000000196. The minimum atomic E-state index is -4.40. The number of para-hydroxylation sites is 1. The molecule has 0 aliphatic carbocycles. The molecule has 8 heteroatoms. The normalized spacial score (nSPS) is 22.0. The first-order valence-electron chi connectivity index (χ1n) is 11.5. The van der Waals surface area contributed by atoms with E-state index in [0.717, 1.165) is 50.6 Å². The average Bonchev–Trinajstić information content (AvgIpc) is 3.24. The van der Waals surface area contributed by atoms with E-state index in [4.69, 9.17) is 4.74 Å². The number of benzene rings is 1. The van der Waals surface area contributed by atoms with E-state index in [1.54, 1.807) is 9.80 Å². The Kier molecular flexibility index (Phi) is 6.81. The highest BCUT2D eigenvalue weighted by molar-refractivity contribution is 5.75. The SMILES string of the molecule is CC1CCN(C(=O)N2CCc3ncc(C(F)(F)F)cc3C2)C1.CC1CCOc2ccccc21. The molecule has 1 aromatic heterocycles. The minimum absolute atomic E-state index is 0.0765. The molecule has 0 saturated carbocycles. The number of pyridine rings is 1. The zero-order chi connectivity index (χ0) is 23.6. The van der Waals surface area contributed by atoms with E-state index in [1.165, 1.54) is 5.56 Å². The summed E-state index contributed by atoms with van der Waals surface area (Å²) in [6.07, 6.45) is -0.896. The predicted octanol–water partition coefficient (Wildman–Crippen LogP) is 5.49. The number of fused-ring (bicyclic) bond motifs is 2. The van der Waals surface area contributed by atoms with Crippen molar-refractivity contribution in [3.8, 4) is 5.75 Å². The maximum Gasteiger partial charge on any atom is 0.417 e. The molecule has 2 unspecified atom stereocenters. The van der Waals surface area contributed by atoms with Gasteiger partial charge in [-0.05, 0) is 47.9 Å². The number of halogens is 3. The molecule has 178 valence electrons. The Morgan fingerprint density at radius 1 is 1.12 bits per heavy atom. The van der Waals surface area contributed by atoms with Crippen LogP contribution in [0.2, 0.25) is 0 Å². The van der Waals surface area contributed by atoms with Gasteiger partial charge in [0.05, 0.1) is 12.2 Å². The second kappa shape index (κ2) is 9.61. The van der Waals surface area contributed by atoms with Gasteiger partial charge in [-0.3, -0.25) is 4.98 Å². The molecule has 1 fully saturated rings. The number of hydrogen-bond donors (Lipinski definition) is 0. The number of amides is 2. The van der Waals surface area contributed by atoms with E-state index in [9.17, 15) is 18.0 Å². The van der Waals surface area contributed by atoms with Gasteiger partial charge in [0, 0.05) is 44.5 Å². The van der Waals surface area contributed by atoms with Gasteiger partial charge in [-0.2, -0.15) is 13.2 Å². The highest BCUT2D eigenvalue weighted by Crippen LogP contribution is 2.33. The molecular weight excluding hydrogens is 431 g/mol. The van der Waals surface area contributed by atoms with Gasteiger partial charge in [-0.1, -0.05) is 32.0 Å². The average molecular weight is 462 g/mol. The van der Waals surface area contributed by atoms with E-state index in [1.807, 2.05) is 12.1 Å². The number of rotatable bonds is 0. The molecule has 0 spiro atoms. The maximum absolute atomic E-state index is 12.8. The molecule has 33 heavy (non-hydrogen) atoms. The lowest BCUT2D eigenvalue weighted by atomic mass is 9.95. The van der Waals surface area contributed by atoms with Crippen LogP contribution in [0.25, 0.3) is 0 Å². The molecule has 1 saturated heterocycles. The topological polar surface area (TPSA) is 45.7 Å². The minimum Gasteiger partial charge on any atom is -0.493 e. The summed E-state index contributed by atoms with van der Waals surface area (Å²) in [5.41, 5.74) is 1.77. The van der Waals surface area contributed by atoms with Crippen LogP contribution in [-0.4, -0.2) is 47.1 Å². The fourth-order valence-electron chi connectivity index (χ4n) is 4.57. The monoisotopic (exact) mass is 461 g/mol. The van der Waals surface area contributed by atoms with Gasteiger partial charge in [-0.15, -0.1) is 0 Å². The second-order valence-electron chi connectivity index (χ2n) is 9.20. The molecule has 5 nitrogen and oxygen atoms in total. The van der Waals surface area contributed by atoms with Gasteiger partial charge in [-0.25, -0.2) is 4.79 Å². The van der Waals surface area contributed by atoms with Gasteiger partial charge in [0.1, 0.15) is 5.75 Å². The van der Waals surface area contributed by atoms with Gasteiger partial charge in [0.25, 0.3) is 0 Å². The highest BCUT2D eigenvalue weighted by atomic mass is 19.4. The van der Waals surface area contributed by atoms with Crippen LogP contribution in [0.4, 0.5) is 18.0 Å². The zero-order valence-corrected chi connectivity index (χ0v) is 19.1. The van der Waals surface area contributed by atoms with Crippen molar-refractivity contribution >= 4 is 6.03 Å². The number of urea groups is 1. The number of alkyl halides is 3. The van der Waals surface area contributed by atoms with Crippen molar-refractivity contribution in [3.05, 3.63) is 58.9 Å². The van der Waals surface area contributed by atoms with E-state index in [0.29, 0.717) is 36.1 Å². The van der Waals surface area contributed by atoms with E-state index < -0.39 is 11.7 Å². The number of carbonyl (C=O) groups excluding carboxylic acids is 1. The molecule has 0 bridgehead atoms. The van der Waals surface area contributed by atoms with Crippen LogP contribution < -0.4 is 4.74 Å². The third kappa shape index (κ3) is 5.42. The molecule has 2 atom stereocenters. The molecule has 5 rings (SSSR count). The number of ether oxygens (including phenoxy) is 1. The Hall–Kier alpha value is -2.77. The summed E-state index contributed by atoms with van der Waals surface area (Å²) in [5.74, 6) is 2.23. The third-order valence-electron chi connectivity index (χ3n) is 6.59. The van der Waals surface area contributed by atoms with Crippen molar-refractivity contribution in [2.24, 2.45) is 5.92 Å². The van der Waals surface area contributed by atoms with Crippen LogP contribution >= 0.6 is 0 Å². The number of hydrogen-bond acceptors (Lipinski definition) is 3. The number of likely N-dealkylation sites (tertiary alicyclic amines) is 1. The highest BCUT2D eigenvalue weighted by Gasteiger charge is 2.34. The van der Waals surface area contributed by atoms with Crippen molar-refractivity contribution in [2.45, 2.75) is 51.7 Å². The standard InChI is InChI=1S/C15H18F3N3O.C10H12O/c1-10-2-4-20(8-10)14(22)21-5-3-13-11(9-21)6-12(7-19-13)15(16,17)18;1-8-6-7-11-10-5-3-2-4-9(8)10/h6-7,10H,2-5,8-9H2,1H3;2-5,8H,6-7H2,1H3. The summed E-state index contributed by atoms with van der Waals surface area (Å²) >= 11 is 0. The lowest BCUT2D eigenvalue weighted by Gasteiger charge is -2.32. The first-order chi connectivity index (χ1) is 15.7. The largest absolute Gasteiger partial charge is 0.493 e. The Morgan fingerprint density at radius 3 is 2.61 bits per heavy atom. The summed E-state index contributed by atoms with van der Waals surface area (Å²) in [7, 11) is 0. The second-order valence-corrected chi connectivity index (χ2v) is 9.20. The van der Waals surface area contributed by atoms with E-state index >= 15 is 0 Å². The molecule has 3 aliphatic rings. The van der Waals surface area contributed by atoms with Crippen LogP contribution in [-0.2, 0) is 19.1 Å². The van der Waals surface area contributed by atoms with Gasteiger partial charge >= 0.3 is 12.2 Å². The summed E-state index contributed by atoms with van der Waals surface area (Å²) in [6.45, 7) is 7.39.